The SMILES string of the molecule is CC1(C)CN(C(=O)[C@](C)(N)C2CC2)C[C@H]1c1ccccc1. The summed E-state index contributed by atoms with van der Waals surface area (Å²) in [5, 5.41) is 0. The molecule has 21 heavy (non-hydrogen) atoms. The van der Waals surface area contributed by atoms with Crippen LogP contribution in [-0.2, 0) is 4.79 Å². The third-order valence-electron chi connectivity index (χ3n) is 5.32. The molecule has 2 N–H and O–H groups in total. The second kappa shape index (κ2) is 4.84. The number of likely N-dealkylation sites (tertiary alicyclic amines) is 1. The van der Waals surface area contributed by atoms with Gasteiger partial charge < -0.3 is 10.6 Å². The van der Waals surface area contributed by atoms with Crippen molar-refractivity contribution in [2.24, 2.45) is 17.1 Å². The standard InChI is InChI=1S/C18H26N2O/c1-17(2)12-20(16(21)18(3,19)14-9-10-14)11-15(17)13-7-5-4-6-8-13/h4-8,14-15H,9-12,19H2,1-3H3/t15-,18+/m0/s1. The minimum atomic E-state index is -0.679. The van der Waals surface area contributed by atoms with Crippen LogP contribution in [-0.4, -0.2) is 29.4 Å². The molecule has 0 aromatic heterocycles. The first-order valence-electron chi connectivity index (χ1n) is 7.95. The van der Waals surface area contributed by atoms with Crippen LogP contribution in [0.5, 0.6) is 0 Å². The van der Waals surface area contributed by atoms with E-state index in [1.807, 2.05) is 17.9 Å². The Morgan fingerprint density at radius 1 is 1.29 bits per heavy atom. The second-order valence-corrected chi connectivity index (χ2v) is 7.69. The second-order valence-electron chi connectivity index (χ2n) is 7.69. The van der Waals surface area contributed by atoms with Crippen molar-refractivity contribution in [2.75, 3.05) is 13.1 Å². The molecule has 0 radical (unpaired) electrons. The molecule has 1 saturated heterocycles. The van der Waals surface area contributed by atoms with Crippen LogP contribution < -0.4 is 5.73 Å². The Morgan fingerprint density at radius 2 is 1.90 bits per heavy atom. The van der Waals surface area contributed by atoms with Gasteiger partial charge in [0.2, 0.25) is 5.91 Å². The molecule has 3 rings (SSSR count). The molecule has 1 aliphatic heterocycles. The lowest BCUT2D eigenvalue weighted by Gasteiger charge is -2.30. The fraction of sp³-hybridized carbons (Fsp3) is 0.611. The van der Waals surface area contributed by atoms with E-state index in [0.29, 0.717) is 11.8 Å². The first-order chi connectivity index (χ1) is 9.82. The number of carbonyl (C=O) groups is 1. The fourth-order valence-corrected chi connectivity index (χ4v) is 3.73. The van der Waals surface area contributed by atoms with E-state index < -0.39 is 5.54 Å². The van der Waals surface area contributed by atoms with Crippen LogP contribution in [0.4, 0.5) is 0 Å². The molecule has 1 amide bonds. The summed E-state index contributed by atoms with van der Waals surface area (Å²) in [7, 11) is 0. The van der Waals surface area contributed by atoms with Crippen LogP contribution in [0.1, 0.15) is 45.1 Å². The molecule has 1 heterocycles. The van der Waals surface area contributed by atoms with Gasteiger partial charge in [0.15, 0.2) is 0 Å². The average molecular weight is 286 g/mol. The van der Waals surface area contributed by atoms with Crippen LogP contribution in [0.15, 0.2) is 30.3 Å². The molecule has 0 unspecified atom stereocenters. The number of hydrogen-bond donors (Lipinski definition) is 1. The van der Waals surface area contributed by atoms with Crippen molar-refractivity contribution in [1.82, 2.24) is 4.90 Å². The van der Waals surface area contributed by atoms with Crippen molar-refractivity contribution in [3.63, 3.8) is 0 Å². The maximum atomic E-state index is 12.8. The number of amides is 1. The molecule has 1 aromatic rings. The predicted molar refractivity (Wildman–Crippen MR) is 84.9 cm³/mol. The van der Waals surface area contributed by atoms with Gasteiger partial charge in [-0.2, -0.15) is 0 Å². The van der Waals surface area contributed by atoms with E-state index in [1.54, 1.807) is 0 Å². The monoisotopic (exact) mass is 286 g/mol. The highest BCUT2D eigenvalue weighted by atomic mass is 16.2. The van der Waals surface area contributed by atoms with E-state index in [2.05, 4.69) is 38.1 Å². The van der Waals surface area contributed by atoms with E-state index >= 15 is 0 Å². The van der Waals surface area contributed by atoms with E-state index in [9.17, 15) is 4.79 Å². The molecule has 2 fully saturated rings. The number of rotatable bonds is 3. The smallest absolute Gasteiger partial charge is 0.242 e. The number of hydrogen-bond acceptors (Lipinski definition) is 2. The summed E-state index contributed by atoms with van der Waals surface area (Å²) in [6.07, 6.45) is 2.19. The molecule has 2 atom stereocenters. The quantitative estimate of drug-likeness (QED) is 0.928. The molecule has 0 bridgehead atoms. The molecule has 1 aromatic carbocycles. The third-order valence-corrected chi connectivity index (χ3v) is 5.32. The summed E-state index contributed by atoms with van der Waals surface area (Å²) < 4.78 is 0. The number of nitrogens with two attached hydrogens (primary N) is 1. The van der Waals surface area contributed by atoms with Gasteiger partial charge in [0.1, 0.15) is 0 Å². The van der Waals surface area contributed by atoms with Crippen molar-refractivity contribution in [1.29, 1.82) is 0 Å². The molecule has 1 saturated carbocycles. The van der Waals surface area contributed by atoms with Gasteiger partial charge in [-0.3, -0.25) is 4.79 Å². The van der Waals surface area contributed by atoms with Crippen LogP contribution >= 0.6 is 0 Å². The molecule has 3 heteroatoms. The number of nitrogens with zero attached hydrogens (tertiary/aromatic N) is 1. The van der Waals surface area contributed by atoms with Crippen molar-refractivity contribution >= 4 is 5.91 Å². The predicted octanol–water partition coefficient (Wildman–Crippen LogP) is 2.77. The summed E-state index contributed by atoms with van der Waals surface area (Å²) in [5.41, 5.74) is 7.06. The van der Waals surface area contributed by atoms with Crippen LogP contribution in [0.25, 0.3) is 0 Å². The highest BCUT2D eigenvalue weighted by Gasteiger charge is 2.50. The van der Waals surface area contributed by atoms with Gasteiger partial charge in [-0.05, 0) is 36.7 Å². The molecule has 1 aliphatic carbocycles. The lowest BCUT2D eigenvalue weighted by molar-refractivity contribution is -0.136. The van der Waals surface area contributed by atoms with Crippen LogP contribution in [0, 0.1) is 11.3 Å². The highest BCUT2D eigenvalue weighted by molar-refractivity contribution is 5.87. The van der Waals surface area contributed by atoms with Gasteiger partial charge in [-0.25, -0.2) is 0 Å². The molecule has 114 valence electrons. The van der Waals surface area contributed by atoms with Crippen molar-refractivity contribution in [3.05, 3.63) is 35.9 Å². The average Bonchev–Trinajstić information content (AvgIpc) is 3.24. The van der Waals surface area contributed by atoms with Gasteiger partial charge in [0.05, 0.1) is 5.54 Å². The minimum absolute atomic E-state index is 0.0939. The van der Waals surface area contributed by atoms with Crippen molar-refractivity contribution in [3.8, 4) is 0 Å². The Labute approximate surface area is 127 Å². The summed E-state index contributed by atoms with van der Waals surface area (Å²) in [6, 6.07) is 10.5. The van der Waals surface area contributed by atoms with Gasteiger partial charge in [0.25, 0.3) is 0 Å². The third kappa shape index (κ3) is 2.59. The van der Waals surface area contributed by atoms with E-state index in [4.69, 9.17) is 5.73 Å². The van der Waals surface area contributed by atoms with Crippen LogP contribution in [0.2, 0.25) is 0 Å². The number of benzene rings is 1. The molecule has 0 spiro atoms. The Bertz CT molecular complexity index is 531. The van der Waals surface area contributed by atoms with Crippen molar-refractivity contribution < 1.29 is 4.79 Å². The fourth-order valence-electron chi connectivity index (χ4n) is 3.73. The topological polar surface area (TPSA) is 46.3 Å². The molecule has 3 nitrogen and oxygen atoms in total. The molecular weight excluding hydrogens is 260 g/mol. The van der Waals surface area contributed by atoms with Gasteiger partial charge in [-0.15, -0.1) is 0 Å². The lowest BCUT2D eigenvalue weighted by atomic mass is 9.78. The largest absolute Gasteiger partial charge is 0.340 e. The summed E-state index contributed by atoms with van der Waals surface area (Å²) in [4.78, 5) is 14.8. The summed E-state index contributed by atoms with van der Waals surface area (Å²) in [5.74, 6) is 0.901. The van der Waals surface area contributed by atoms with Gasteiger partial charge in [-0.1, -0.05) is 44.2 Å². The summed E-state index contributed by atoms with van der Waals surface area (Å²) in [6.45, 7) is 8.00. The Morgan fingerprint density at radius 3 is 2.48 bits per heavy atom. The summed E-state index contributed by atoms with van der Waals surface area (Å²) >= 11 is 0. The van der Waals surface area contributed by atoms with E-state index in [1.165, 1.54) is 5.56 Å². The van der Waals surface area contributed by atoms with Gasteiger partial charge in [0, 0.05) is 19.0 Å². The lowest BCUT2D eigenvalue weighted by Crippen LogP contribution is -2.54. The zero-order valence-electron chi connectivity index (χ0n) is 13.3. The van der Waals surface area contributed by atoms with Gasteiger partial charge >= 0.3 is 0 Å². The zero-order chi connectivity index (χ0) is 15.3. The highest BCUT2D eigenvalue weighted by Crippen LogP contribution is 2.45. The maximum absolute atomic E-state index is 12.8. The maximum Gasteiger partial charge on any atom is 0.242 e. The Hall–Kier alpha value is -1.35. The minimum Gasteiger partial charge on any atom is -0.340 e. The zero-order valence-corrected chi connectivity index (χ0v) is 13.3. The Kier molecular flexibility index (Phi) is 3.36. The van der Waals surface area contributed by atoms with E-state index in [-0.39, 0.29) is 11.3 Å². The van der Waals surface area contributed by atoms with Crippen molar-refractivity contribution in [2.45, 2.75) is 45.1 Å². The normalized spacial score (nSPS) is 27.4. The van der Waals surface area contributed by atoms with E-state index in [0.717, 1.165) is 25.9 Å². The molecule has 2 aliphatic rings. The number of carbonyl (C=O) groups excluding carboxylic acids is 1. The Balaban J connectivity index is 1.80. The first-order valence-corrected chi connectivity index (χ1v) is 7.95. The first kappa shape index (κ1) is 14.6. The van der Waals surface area contributed by atoms with Crippen LogP contribution in [0.3, 0.4) is 0 Å². The molecular formula is C18H26N2O.